The Labute approximate surface area is 222 Å². The van der Waals surface area contributed by atoms with Crippen LogP contribution in [0.4, 0.5) is 11.4 Å². The molecule has 5 aromatic carbocycles. The van der Waals surface area contributed by atoms with Gasteiger partial charge >= 0.3 is 0 Å². The largest absolute Gasteiger partial charge is 0.456 e. The molecule has 2 heteroatoms. The summed E-state index contributed by atoms with van der Waals surface area (Å²) in [7, 11) is 0. The molecule has 0 spiro atoms. The molecule has 1 aromatic heterocycles. The van der Waals surface area contributed by atoms with E-state index in [2.05, 4.69) is 127 Å². The van der Waals surface area contributed by atoms with Crippen molar-refractivity contribution in [1.82, 2.24) is 0 Å². The smallest absolute Gasteiger partial charge is 0.135 e. The number of nitrogens with one attached hydrogen (secondary N) is 1. The maximum atomic E-state index is 5.98. The Morgan fingerprint density at radius 1 is 0.526 bits per heavy atom. The van der Waals surface area contributed by atoms with Crippen LogP contribution in [0.2, 0.25) is 0 Å². The van der Waals surface area contributed by atoms with Crippen molar-refractivity contribution < 1.29 is 4.42 Å². The Balaban J connectivity index is 1.06. The van der Waals surface area contributed by atoms with Gasteiger partial charge in [0, 0.05) is 22.1 Å². The lowest BCUT2D eigenvalue weighted by molar-refractivity contribution is 0.669. The molecular formula is C36H27NO. The highest BCUT2D eigenvalue weighted by Crippen LogP contribution is 2.33. The van der Waals surface area contributed by atoms with Gasteiger partial charge in [-0.1, -0.05) is 91.0 Å². The highest BCUT2D eigenvalue weighted by atomic mass is 16.3. The minimum Gasteiger partial charge on any atom is -0.456 e. The van der Waals surface area contributed by atoms with E-state index in [1.807, 2.05) is 12.1 Å². The molecule has 0 aliphatic heterocycles. The van der Waals surface area contributed by atoms with Crippen LogP contribution in [0.3, 0.4) is 0 Å². The van der Waals surface area contributed by atoms with E-state index in [1.165, 1.54) is 33.4 Å². The first-order chi connectivity index (χ1) is 18.8. The lowest BCUT2D eigenvalue weighted by Gasteiger charge is -2.11. The van der Waals surface area contributed by atoms with Gasteiger partial charge in [-0.25, -0.2) is 0 Å². The fourth-order valence-electron chi connectivity index (χ4n) is 5.28. The number of benzene rings is 5. The van der Waals surface area contributed by atoms with E-state index >= 15 is 0 Å². The third-order valence-electron chi connectivity index (χ3n) is 7.37. The van der Waals surface area contributed by atoms with Gasteiger partial charge in [-0.05, 0) is 88.7 Å². The number of para-hydroxylation sites is 1. The van der Waals surface area contributed by atoms with E-state index in [4.69, 9.17) is 4.42 Å². The zero-order valence-electron chi connectivity index (χ0n) is 21.0. The number of fused-ring (bicyclic) bond motifs is 3. The number of allylic oxidation sites excluding steroid dienone is 4. The summed E-state index contributed by atoms with van der Waals surface area (Å²) in [4.78, 5) is 0. The van der Waals surface area contributed by atoms with E-state index in [0.717, 1.165) is 46.2 Å². The Morgan fingerprint density at radius 2 is 1.11 bits per heavy atom. The number of furan rings is 1. The molecule has 1 aliphatic rings. The highest BCUT2D eigenvalue weighted by Gasteiger charge is 2.08. The third-order valence-corrected chi connectivity index (χ3v) is 7.37. The van der Waals surface area contributed by atoms with Crippen LogP contribution in [0, 0.1) is 0 Å². The van der Waals surface area contributed by atoms with Crippen molar-refractivity contribution in [1.29, 1.82) is 0 Å². The van der Waals surface area contributed by atoms with Crippen LogP contribution in [-0.4, -0.2) is 0 Å². The van der Waals surface area contributed by atoms with Crippen LogP contribution in [0.15, 0.2) is 138 Å². The molecule has 7 rings (SSSR count). The van der Waals surface area contributed by atoms with Gasteiger partial charge in [-0.15, -0.1) is 0 Å². The first kappa shape index (κ1) is 22.4. The van der Waals surface area contributed by atoms with E-state index in [-0.39, 0.29) is 0 Å². The van der Waals surface area contributed by atoms with E-state index in [0.29, 0.717) is 0 Å². The molecule has 1 aliphatic carbocycles. The molecule has 1 heterocycles. The molecule has 38 heavy (non-hydrogen) atoms. The Bertz CT molecular complexity index is 1800. The molecule has 0 unspecified atom stereocenters. The summed E-state index contributed by atoms with van der Waals surface area (Å²) >= 11 is 0. The molecule has 0 amide bonds. The van der Waals surface area contributed by atoms with E-state index < -0.39 is 0 Å². The fourth-order valence-corrected chi connectivity index (χ4v) is 5.28. The lowest BCUT2D eigenvalue weighted by Crippen LogP contribution is -1.91. The zero-order valence-corrected chi connectivity index (χ0v) is 21.0. The Morgan fingerprint density at radius 3 is 1.79 bits per heavy atom. The van der Waals surface area contributed by atoms with Crippen LogP contribution < -0.4 is 5.32 Å². The SMILES string of the molecule is C1=CCCC(c2ccc(-c3ccc(Nc4ccc(-c5ccc6oc7ccccc7c6c5)cc4)cc3)cc2)=C1. The van der Waals surface area contributed by atoms with Crippen molar-refractivity contribution in [2.45, 2.75) is 12.8 Å². The number of hydrogen-bond acceptors (Lipinski definition) is 2. The van der Waals surface area contributed by atoms with Gasteiger partial charge in [0.25, 0.3) is 0 Å². The number of anilines is 2. The monoisotopic (exact) mass is 489 g/mol. The topological polar surface area (TPSA) is 25.2 Å². The van der Waals surface area contributed by atoms with Crippen LogP contribution in [0.5, 0.6) is 0 Å². The average molecular weight is 490 g/mol. The second-order valence-electron chi connectivity index (χ2n) is 9.82. The molecule has 0 atom stereocenters. The summed E-state index contributed by atoms with van der Waals surface area (Å²) in [5, 5.41) is 5.84. The van der Waals surface area contributed by atoms with Crippen molar-refractivity contribution >= 4 is 38.9 Å². The zero-order chi connectivity index (χ0) is 25.3. The van der Waals surface area contributed by atoms with E-state index in [1.54, 1.807) is 0 Å². The van der Waals surface area contributed by atoms with Gasteiger partial charge < -0.3 is 9.73 Å². The lowest BCUT2D eigenvalue weighted by atomic mass is 9.95. The number of hydrogen-bond donors (Lipinski definition) is 1. The molecule has 0 fully saturated rings. The van der Waals surface area contributed by atoms with Crippen molar-refractivity contribution in [3.63, 3.8) is 0 Å². The first-order valence-corrected chi connectivity index (χ1v) is 13.2. The molecule has 0 saturated heterocycles. The summed E-state index contributed by atoms with van der Waals surface area (Å²) in [6.45, 7) is 0. The van der Waals surface area contributed by atoms with Gasteiger partial charge in [0.05, 0.1) is 0 Å². The molecular weight excluding hydrogens is 462 g/mol. The van der Waals surface area contributed by atoms with Crippen molar-refractivity contribution in [3.8, 4) is 22.3 Å². The van der Waals surface area contributed by atoms with Gasteiger partial charge in [0.15, 0.2) is 0 Å². The summed E-state index contributed by atoms with van der Waals surface area (Å²) in [5.74, 6) is 0. The summed E-state index contributed by atoms with van der Waals surface area (Å²) in [5.41, 5.74) is 11.5. The van der Waals surface area contributed by atoms with E-state index in [9.17, 15) is 0 Å². The second kappa shape index (κ2) is 9.57. The van der Waals surface area contributed by atoms with Crippen LogP contribution in [0.25, 0.3) is 49.8 Å². The van der Waals surface area contributed by atoms with Gasteiger partial charge in [0.1, 0.15) is 11.2 Å². The van der Waals surface area contributed by atoms with Crippen LogP contribution >= 0.6 is 0 Å². The number of rotatable bonds is 5. The van der Waals surface area contributed by atoms with Gasteiger partial charge in [-0.3, -0.25) is 0 Å². The minimum atomic E-state index is 0.923. The van der Waals surface area contributed by atoms with Crippen LogP contribution in [-0.2, 0) is 0 Å². The third kappa shape index (κ3) is 4.31. The average Bonchev–Trinajstić information content (AvgIpc) is 3.37. The quantitative estimate of drug-likeness (QED) is 0.260. The molecule has 1 N–H and O–H groups in total. The van der Waals surface area contributed by atoms with Crippen molar-refractivity contribution in [2.75, 3.05) is 5.32 Å². The highest BCUT2D eigenvalue weighted by molar-refractivity contribution is 6.06. The second-order valence-corrected chi connectivity index (χ2v) is 9.82. The molecule has 0 bridgehead atoms. The van der Waals surface area contributed by atoms with Gasteiger partial charge in [0.2, 0.25) is 0 Å². The molecule has 182 valence electrons. The summed E-state index contributed by atoms with van der Waals surface area (Å²) in [6, 6.07) is 40.8. The predicted molar refractivity (Wildman–Crippen MR) is 161 cm³/mol. The summed E-state index contributed by atoms with van der Waals surface area (Å²) < 4.78 is 5.98. The first-order valence-electron chi connectivity index (χ1n) is 13.2. The molecule has 0 saturated carbocycles. The molecule has 6 aromatic rings. The Hall–Kier alpha value is -4.82. The van der Waals surface area contributed by atoms with Crippen molar-refractivity contribution in [2.24, 2.45) is 0 Å². The van der Waals surface area contributed by atoms with Gasteiger partial charge in [-0.2, -0.15) is 0 Å². The normalized spacial score (nSPS) is 13.1. The van der Waals surface area contributed by atoms with Crippen molar-refractivity contribution in [3.05, 3.63) is 139 Å². The Kier molecular flexibility index (Phi) is 5.64. The fraction of sp³-hybridized carbons (Fsp3) is 0.0556. The predicted octanol–water partition coefficient (Wildman–Crippen LogP) is 10.4. The maximum absolute atomic E-state index is 5.98. The summed E-state index contributed by atoms with van der Waals surface area (Å²) in [6.07, 6.45) is 8.86. The van der Waals surface area contributed by atoms with Crippen LogP contribution in [0.1, 0.15) is 18.4 Å². The maximum Gasteiger partial charge on any atom is 0.135 e. The minimum absolute atomic E-state index is 0.923. The standard InChI is InChI=1S/C36H27NO/c1-2-6-25(7-3-1)26-10-12-27(13-11-26)28-14-19-31(20-15-28)37-32-21-16-29(17-22-32)30-18-23-36-34(24-30)33-8-4-5-9-35(33)38-36/h1-2,4-6,8-24,37H,3,7H2. The molecule has 2 nitrogen and oxygen atoms in total. The molecule has 0 radical (unpaired) electrons.